The molecule has 12 heavy (non-hydrogen) atoms. The Morgan fingerprint density at radius 2 is 2.33 bits per heavy atom. The van der Waals surface area contributed by atoms with Crippen LogP contribution in [0.4, 0.5) is 0 Å². The van der Waals surface area contributed by atoms with E-state index in [0.29, 0.717) is 13.2 Å². The van der Waals surface area contributed by atoms with Crippen molar-refractivity contribution in [1.82, 2.24) is 5.01 Å². The maximum absolute atomic E-state index is 10.8. The van der Waals surface area contributed by atoms with E-state index in [9.17, 15) is 4.79 Å². The van der Waals surface area contributed by atoms with Crippen molar-refractivity contribution in [3.63, 3.8) is 0 Å². The van der Waals surface area contributed by atoms with E-state index in [1.165, 1.54) is 17.4 Å². The zero-order valence-electron chi connectivity index (χ0n) is 7.19. The Kier molecular flexibility index (Phi) is 5.81. The second kappa shape index (κ2) is 6.48. The van der Waals surface area contributed by atoms with Crippen LogP contribution in [0.2, 0.25) is 0 Å². The molecule has 0 aromatic carbocycles. The van der Waals surface area contributed by atoms with Crippen molar-refractivity contribution >= 4 is 5.97 Å². The number of carbonyl (C=O) groups is 1. The normalized spacial score (nSPS) is 10.2. The molecule has 4 N–H and O–H groups in total. The molecule has 0 spiro atoms. The fourth-order valence-electron chi connectivity index (χ4n) is 0.639. The quantitative estimate of drug-likeness (QED) is 0.334. The van der Waals surface area contributed by atoms with Gasteiger partial charge in [0.2, 0.25) is 0 Å². The fourth-order valence-corrected chi connectivity index (χ4v) is 0.639. The number of hydrogen-bond donors (Lipinski definition) is 2. The molecule has 0 aromatic rings. The van der Waals surface area contributed by atoms with Crippen LogP contribution in [0, 0.1) is 0 Å². The minimum absolute atomic E-state index is 0.252. The summed E-state index contributed by atoms with van der Waals surface area (Å²) in [6.45, 7) is 2.57. The smallest absolute Gasteiger partial charge is 0.307 e. The van der Waals surface area contributed by atoms with E-state index in [-0.39, 0.29) is 12.4 Å². The zero-order valence-corrected chi connectivity index (χ0v) is 7.19. The number of rotatable bonds is 5. The van der Waals surface area contributed by atoms with Gasteiger partial charge in [0.1, 0.15) is 0 Å². The van der Waals surface area contributed by atoms with Gasteiger partial charge in [0.05, 0.1) is 13.0 Å². The number of nitrogens with zero attached hydrogens (tertiary/aromatic N) is 1. The molecule has 0 aliphatic rings. The van der Waals surface area contributed by atoms with E-state index in [4.69, 9.17) is 16.3 Å². The molecule has 0 fully saturated rings. The predicted octanol–water partition coefficient (Wildman–Crippen LogP) is -0.455. The number of ether oxygens (including phenoxy) is 1. The van der Waals surface area contributed by atoms with Gasteiger partial charge in [-0.1, -0.05) is 0 Å². The molecule has 0 unspecified atom stereocenters. The summed E-state index contributed by atoms with van der Waals surface area (Å²) in [6, 6.07) is 0. The van der Waals surface area contributed by atoms with Gasteiger partial charge in [-0.3, -0.25) is 4.79 Å². The summed E-state index contributed by atoms with van der Waals surface area (Å²) in [4.78, 5) is 10.8. The number of carbonyl (C=O) groups excluding carboxylic acids is 1. The van der Waals surface area contributed by atoms with E-state index in [0.717, 1.165) is 0 Å². The maximum atomic E-state index is 10.8. The summed E-state index contributed by atoms with van der Waals surface area (Å²) in [5.41, 5.74) is 5.08. The first-order valence-electron chi connectivity index (χ1n) is 3.76. The summed E-state index contributed by atoms with van der Waals surface area (Å²) in [7, 11) is 0. The van der Waals surface area contributed by atoms with Crippen molar-refractivity contribution in [3.8, 4) is 0 Å². The monoisotopic (exact) mass is 173 g/mol. The Labute approximate surface area is 71.9 Å². The Balaban J connectivity index is 3.46. The zero-order chi connectivity index (χ0) is 9.40. The minimum Gasteiger partial charge on any atom is -0.466 e. The highest BCUT2D eigenvalue weighted by Crippen LogP contribution is 1.88. The Morgan fingerprint density at radius 1 is 1.67 bits per heavy atom. The van der Waals surface area contributed by atoms with E-state index >= 15 is 0 Å². The summed E-state index contributed by atoms with van der Waals surface area (Å²) in [5, 5.41) is 1.33. The van der Waals surface area contributed by atoms with Crippen molar-refractivity contribution in [2.24, 2.45) is 11.6 Å². The first-order chi connectivity index (χ1) is 5.70. The van der Waals surface area contributed by atoms with Crippen LogP contribution in [0.15, 0.2) is 12.4 Å². The molecule has 5 heteroatoms. The van der Waals surface area contributed by atoms with Gasteiger partial charge in [0.25, 0.3) is 0 Å². The lowest BCUT2D eigenvalue weighted by atomic mass is 10.4. The van der Waals surface area contributed by atoms with Crippen molar-refractivity contribution in [2.75, 3.05) is 13.2 Å². The Morgan fingerprint density at radius 3 is 2.83 bits per heavy atom. The molecule has 0 saturated heterocycles. The van der Waals surface area contributed by atoms with Gasteiger partial charge in [-0.05, 0) is 6.92 Å². The molecule has 0 aliphatic carbocycles. The van der Waals surface area contributed by atoms with Crippen LogP contribution in [-0.2, 0) is 9.53 Å². The van der Waals surface area contributed by atoms with Crippen LogP contribution in [0.5, 0.6) is 0 Å². The molecule has 0 rings (SSSR count). The lowest BCUT2D eigenvalue weighted by Crippen LogP contribution is -2.28. The number of esters is 1. The second-order valence-corrected chi connectivity index (χ2v) is 2.13. The molecular formula is C7H15N3O2. The lowest BCUT2D eigenvalue weighted by molar-refractivity contribution is -0.143. The second-order valence-electron chi connectivity index (χ2n) is 2.13. The lowest BCUT2D eigenvalue weighted by Gasteiger charge is -2.11. The third kappa shape index (κ3) is 5.55. The van der Waals surface area contributed by atoms with E-state index in [1.54, 1.807) is 6.92 Å². The average molecular weight is 173 g/mol. The first-order valence-corrected chi connectivity index (χ1v) is 3.76. The van der Waals surface area contributed by atoms with Gasteiger partial charge < -0.3 is 15.5 Å². The van der Waals surface area contributed by atoms with Crippen molar-refractivity contribution in [1.29, 1.82) is 0 Å². The highest BCUT2D eigenvalue weighted by atomic mass is 16.5. The van der Waals surface area contributed by atoms with Crippen LogP contribution in [0.3, 0.4) is 0 Å². The average Bonchev–Trinajstić information content (AvgIpc) is 2.02. The van der Waals surface area contributed by atoms with Gasteiger partial charge in [-0.15, -0.1) is 0 Å². The van der Waals surface area contributed by atoms with E-state index < -0.39 is 0 Å². The third-order valence-electron chi connectivity index (χ3n) is 1.16. The van der Waals surface area contributed by atoms with Crippen molar-refractivity contribution < 1.29 is 9.53 Å². The van der Waals surface area contributed by atoms with Crippen LogP contribution in [0.25, 0.3) is 0 Å². The fraction of sp³-hybridized carbons (Fsp3) is 0.571. The molecule has 0 radical (unpaired) electrons. The molecule has 70 valence electrons. The van der Waals surface area contributed by atoms with Gasteiger partial charge in [0, 0.05) is 18.9 Å². The minimum atomic E-state index is -0.252. The number of hydrazine groups is 1. The van der Waals surface area contributed by atoms with Crippen molar-refractivity contribution in [2.45, 2.75) is 13.3 Å². The topological polar surface area (TPSA) is 81.6 Å². The van der Waals surface area contributed by atoms with Crippen LogP contribution >= 0.6 is 0 Å². The standard InChI is InChI=1S/C7H15N3O2/c1-2-12-7(11)3-5-10(9)6-4-8/h4,6H,2-3,5,8-9H2,1H3/b6-4-. The summed E-state index contributed by atoms with van der Waals surface area (Å²) in [5.74, 6) is 5.14. The number of nitrogens with two attached hydrogens (primary N) is 2. The first kappa shape index (κ1) is 10.8. The van der Waals surface area contributed by atoms with Crippen LogP contribution < -0.4 is 11.6 Å². The molecular weight excluding hydrogens is 158 g/mol. The molecule has 0 amide bonds. The molecule has 0 atom stereocenters. The van der Waals surface area contributed by atoms with Gasteiger partial charge in [-0.25, -0.2) is 5.84 Å². The van der Waals surface area contributed by atoms with E-state index in [1.807, 2.05) is 0 Å². The maximum Gasteiger partial charge on any atom is 0.307 e. The third-order valence-corrected chi connectivity index (χ3v) is 1.16. The predicted molar refractivity (Wildman–Crippen MR) is 45.5 cm³/mol. The molecule has 0 aliphatic heterocycles. The van der Waals surface area contributed by atoms with E-state index in [2.05, 4.69) is 0 Å². The van der Waals surface area contributed by atoms with Gasteiger partial charge in [0.15, 0.2) is 0 Å². The highest BCUT2D eigenvalue weighted by Gasteiger charge is 2.01. The molecule has 0 aromatic heterocycles. The van der Waals surface area contributed by atoms with Gasteiger partial charge >= 0.3 is 5.97 Å². The van der Waals surface area contributed by atoms with Gasteiger partial charge in [-0.2, -0.15) is 0 Å². The SMILES string of the molecule is CCOC(=O)CCN(N)/C=C\N. The van der Waals surface area contributed by atoms with Crippen LogP contribution in [-0.4, -0.2) is 24.1 Å². The summed E-state index contributed by atoms with van der Waals surface area (Å²) >= 11 is 0. The Bertz CT molecular complexity index is 159. The Hall–Kier alpha value is -1.23. The molecule has 0 saturated carbocycles. The highest BCUT2D eigenvalue weighted by molar-refractivity contribution is 5.69. The molecule has 5 nitrogen and oxygen atoms in total. The largest absolute Gasteiger partial charge is 0.466 e. The van der Waals surface area contributed by atoms with Crippen LogP contribution in [0.1, 0.15) is 13.3 Å². The molecule has 0 bridgehead atoms. The molecule has 0 heterocycles. The summed E-state index contributed by atoms with van der Waals surface area (Å²) in [6.07, 6.45) is 3.07. The summed E-state index contributed by atoms with van der Waals surface area (Å²) < 4.78 is 4.69. The van der Waals surface area contributed by atoms with Crippen molar-refractivity contribution in [3.05, 3.63) is 12.4 Å². The number of hydrogen-bond acceptors (Lipinski definition) is 5.